The molecule has 6 fully saturated rings. The third-order valence-electron chi connectivity index (χ3n) is 12.5. The molecule has 8 unspecified atom stereocenters. The second-order valence-corrected chi connectivity index (χ2v) is 14.7. The van der Waals surface area contributed by atoms with E-state index in [-0.39, 0.29) is 0 Å². The largest absolute Gasteiger partial charge is 0.0625 e. The third-order valence-corrected chi connectivity index (χ3v) is 12.5. The molecule has 6 aliphatic carbocycles. The highest BCUT2D eigenvalue weighted by Gasteiger charge is 2.47. The van der Waals surface area contributed by atoms with Gasteiger partial charge in [-0.2, -0.15) is 0 Å². The summed E-state index contributed by atoms with van der Waals surface area (Å²) in [6.07, 6.45) is 34.2. The Kier molecular flexibility index (Phi) is 9.42. The van der Waals surface area contributed by atoms with Gasteiger partial charge in [-0.15, -0.1) is 0 Å². The molecule has 0 aromatic rings. The van der Waals surface area contributed by atoms with E-state index in [9.17, 15) is 0 Å². The van der Waals surface area contributed by atoms with Crippen molar-refractivity contribution < 1.29 is 0 Å². The molecule has 0 radical (unpaired) electrons. The summed E-state index contributed by atoms with van der Waals surface area (Å²) in [4.78, 5) is 0. The zero-order valence-electron chi connectivity index (χ0n) is 23.3. The van der Waals surface area contributed by atoms with E-state index in [4.69, 9.17) is 0 Å². The number of hydrogen-bond donors (Lipinski definition) is 0. The van der Waals surface area contributed by atoms with Crippen LogP contribution in [0.2, 0.25) is 0 Å². The Morgan fingerprint density at radius 2 is 1.12 bits per heavy atom. The predicted molar refractivity (Wildman–Crippen MR) is 148 cm³/mol. The Morgan fingerprint density at radius 3 is 1.91 bits per heavy atom. The molecule has 0 aromatic carbocycles. The van der Waals surface area contributed by atoms with Gasteiger partial charge in [0.2, 0.25) is 0 Å². The topological polar surface area (TPSA) is 0 Å². The molecule has 0 spiro atoms. The van der Waals surface area contributed by atoms with Crippen molar-refractivity contribution in [2.45, 2.75) is 155 Å². The molecule has 0 aliphatic heterocycles. The van der Waals surface area contributed by atoms with E-state index in [0.29, 0.717) is 0 Å². The molecule has 0 bridgehead atoms. The lowest BCUT2D eigenvalue weighted by Crippen LogP contribution is -2.42. The predicted octanol–water partition coefficient (Wildman–Crippen LogP) is 10.8. The van der Waals surface area contributed by atoms with Gasteiger partial charge in [-0.25, -0.2) is 0 Å². The number of hydrogen-bond acceptors (Lipinski definition) is 0. The van der Waals surface area contributed by atoms with Crippen molar-refractivity contribution in [3.8, 4) is 0 Å². The molecule has 6 saturated carbocycles. The van der Waals surface area contributed by atoms with Crippen molar-refractivity contribution in [1.82, 2.24) is 0 Å². The summed E-state index contributed by atoms with van der Waals surface area (Å²) >= 11 is 0. The van der Waals surface area contributed by atoms with Crippen molar-refractivity contribution in [2.75, 3.05) is 0 Å². The summed E-state index contributed by atoms with van der Waals surface area (Å²) in [5.74, 6) is 11.1. The van der Waals surface area contributed by atoms with Crippen LogP contribution in [0, 0.1) is 59.2 Å². The van der Waals surface area contributed by atoms with Crippen LogP contribution in [0.1, 0.15) is 155 Å². The highest BCUT2D eigenvalue weighted by molar-refractivity contribution is 4.97. The highest BCUT2D eigenvalue weighted by atomic mass is 14.5. The van der Waals surface area contributed by atoms with E-state index in [1.54, 1.807) is 103 Å². The lowest BCUT2D eigenvalue weighted by atomic mass is 9.56. The SMILES string of the molecule is CC1CC2CCCC2C(C2CCCCC2)C1CCC1CCCCC1.CC1CCC2CCCC2C1. The minimum atomic E-state index is 1.03. The summed E-state index contributed by atoms with van der Waals surface area (Å²) in [6, 6.07) is 0. The van der Waals surface area contributed by atoms with Crippen LogP contribution in [0.3, 0.4) is 0 Å². The summed E-state index contributed by atoms with van der Waals surface area (Å²) in [5, 5.41) is 0. The first-order valence-electron chi connectivity index (χ1n) is 16.7. The van der Waals surface area contributed by atoms with Gasteiger partial charge in [-0.1, -0.05) is 123 Å². The Hall–Kier alpha value is 0. The van der Waals surface area contributed by atoms with E-state index < -0.39 is 0 Å². The molecular weight excluding hydrogens is 408 g/mol. The van der Waals surface area contributed by atoms with Gasteiger partial charge in [0.25, 0.3) is 0 Å². The Balaban J connectivity index is 0.000000200. The van der Waals surface area contributed by atoms with E-state index in [2.05, 4.69) is 13.8 Å². The van der Waals surface area contributed by atoms with Gasteiger partial charge in [-0.05, 0) is 91.3 Å². The van der Waals surface area contributed by atoms with Crippen LogP contribution in [0.15, 0.2) is 0 Å². The van der Waals surface area contributed by atoms with E-state index in [1.807, 2.05) is 0 Å². The van der Waals surface area contributed by atoms with Gasteiger partial charge in [0.1, 0.15) is 0 Å². The summed E-state index contributed by atoms with van der Waals surface area (Å²) < 4.78 is 0. The van der Waals surface area contributed by atoms with Crippen molar-refractivity contribution in [1.29, 1.82) is 0 Å². The summed E-state index contributed by atoms with van der Waals surface area (Å²) in [6.45, 7) is 5.07. The third kappa shape index (κ3) is 6.28. The molecule has 6 rings (SSSR count). The maximum atomic E-state index is 2.65. The van der Waals surface area contributed by atoms with Crippen molar-refractivity contribution in [2.24, 2.45) is 59.2 Å². The first-order valence-corrected chi connectivity index (χ1v) is 16.7. The molecule has 0 saturated heterocycles. The standard InChI is InChI=1S/C24H42.C10H18/c1-18-17-21-13-8-14-23(21)24(20-11-6-3-7-12-20)22(18)16-15-19-9-4-2-5-10-19;1-8-5-6-9-3-2-4-10(9)7-8/h18-24H,2-17H2,1H3;8-10H,2-7H2,1H3. The lowest BCUT2D eigenvalue weighted by Gasteiger charge is -2.49. The minimum absolute atomic E-state index is 1.03. The van der Waals surface area contributed by atoms with Gasteiger partial charge in [-0.3, -0.25) is 0 Å². The van der Waals surface area contributed by atoms with Gasteiger partial charge >= 0.3 is 0 Å². The Labute approximate surface area is 214 Å². The fourth-order valence-electron chi connectivity index (χ4n) is 10.8. The normalized spacial score (nSPS) is 43.6. The van der Waals surface area contributed by atoms with Gasteiger partial charge in [0, 0.05) is 0 Å². The average Bonchev–Trinajstić information content (AvgIpc) is 3.53. The average molecular weight is 469 g/mol. The van der Waals surface area contributed by atoms with Gasteiger partial charge in [0.15, 0.2) is 0 Å². The molecule has 0 amide bonds. The molecule has 0 aromatic heterocycles. The second kappa shape index (κ2) is 12.5. The molecular formula is C34H60. The van der Waals surface area contributed by atoms with Crippen LogP contribution in [0.4, 0.5) is 0 Å². The Morgan fingerprint density at radius 1 is 0.471 bits per heavy atom. The second-order valence-electron chi connectivity index (χ2n) is 14.7. The molecule has 0 nitrogen and oxygen atoms in total. The zero-order chi connectivity index (χ0) is 23.3. The summed E-state index contributed by atoms with van der Waals surface area (Å²) in [5.41, 5.74) is 0. The number of fused-ring (bicyclic) bond motifs is 2. The zero-order valence-corrected chi connectivity index (χ0v) is 23.3. The van der Waals surface area contributed by atoms with Crippen molar-refractivity contribution in [3.63, 3.8) is 0 Å². The monoisotopic (exact) mass is 468 g/mol. The van der Waals surface area contributed by atoms with Crippen LogP contribution < -0.4 is 0 Å². The fourth-order valence-corrected chi connectivity index (χ4v) is 10.8. The molecule has 34 heavy (non-hydrogen) atoms. The van der Waals surface area contributed by atoms with Crippen LogP contribution in [-0.4, -0.2) is 0 Å². The quantitative estimate of drug-likeness (QED) is 0.385. The van der Waals surface area contributed by atoms with Crippen molar-refractivity contribution in [3.05, 3.63) is 0 Å². The lowest BCUT2D eigenvalue weighted by molar-refractivity contribution is -0.0000617. The van der Waals surface area contributed by atoms with E-state index >= 15 is 0 Å². The highest BCUT2D eigenvalue weighted by Crippen LogP contribution is 2.56. The van der Waals surface area contributed by atoms with Crippen LogP contribution >= 0.6 is 0 Å². The van der Waals surface area contributed by atoms with E-state index in [0.717, 1.165) is 59.2 Å². The molecule has 0 heteroatoms. The smallest absolute Gasteiger partial charge is 0.0324 e. The van der Waals surface area contributed by atoms with Gasteiger partial charge < -0.3 is 0 Å². The fraction of sp³-hybridized carbons (Fsp3) is 1.00. The molecule has 0 N–H and O–H groups in total. The van der Waals surface area contributed by atoms with Crippen LogP contribution in [-0.2, 0) is 0 Å². The first-order chi connectivity index (χ1) is 16.7. The van der Waals surface area contributed by atoms with Gasteiger partial charge in [0.05, 0.1) is 0 Å². The van der Waals surface area contributed by atoms with Crippen molar-refractivity contribution >= 4 is 0 Å². The maximum absolute atomic E-state index is 2.65. The first kappa shape index (κ1) is 25.6. The molecule has 8 atom stereocenters. The molecule has 0 heterocycles. The molecule has 196 valence electrons. The Bertz CT molecular complexity index is 581. The van der Waals surface area contributed by atoms with Crippen LogP contribution in [0.25, 0.3) is 0 Å². The van der Waals surface area contributed by atoms with E-state index in [1.165, 1.54) is 38.5 Å². The van der Waals surface area contributed by atoms with Crippen LogP contribution in [0.5, 0.6) is 0 Å². The molecule has 6 aliphatic rings. The summed E-state index contributed by atoms with van der Waals surface area (Å²) in [7, 11) is 0. The maximum Gasteiger partial charge on any atom is -0.0324 e. The minimum Gasteiger partial charge on any atom is -0.0625 e. The number of rotatable bonds is 4.